The van der Waals surface area contributed by atoms with Gasteiger partial charge in [-0.2, -0.15) is 11.6 Å². The average molecular weight is 225 g/mol. The zero-order chi connectivity index (χ0) is 10.3. The predicted octanol–water partition coefficient (Wildman–Crippen LogP) is 4.14. The van der Waals surface area contributed by atoms with Crippen molar-refractivity contribution in [2.75, 3.05) is 0 Å². The molecule has 0 aromatic carbocycles. The summed E-state index contributed by atoms with van der Waals surface area (Å²) in [4.78, 5) is 0. The quantitative estimate of drug-likeness (QED) is 0.429. The fourth-order valence-electron chi connectivity index (χ4n) is 1.80. The van der Waals surface area contributed by atoms with Gasteiger partial charge in [0.1, 0.15) is 0 Å². The molecule has 0 amide bonds. The van der Waals surface area contributed by atoms with Crippen LogP contribution in [0.15, 0.2) is 17.2 Å². The topological polar surface area (TPSA) is 0 Å². The van der Waals surface area contributed by atoms with Crippen molar-refractivity contribution in [2.45, 2.75) is 48.0 Å². The molecule has 0 aromatic rings. The summed E-state index contributed by atoms with van der Waals surface area (Å²) in [6, 6.07) is 0. The Labute approximate surface area is 104 Å². The Kier molecular flexibility index (Phi) is 4.43. The monoisotopic (exact) mass is 225 g/mol. The summed E-state index contributed by atoms with van der Waals surface area (Å²) in [5.41, 5.74) is 3.42. The first kappa shape index (κ1) is 14.2. The fourth-order valence-corrected chi connectivity index (χ4v) is 1.80. The molecule has 1 aliphatic carbocycles. The number of allylic oxidation sites excluding steroid dienone is 4. The molecule has 14 heavy (non-hydrogen) atoms. The molecule has 0 spiro atoms. The van der Waals surface area contributed by atoms with Crippen LogP contribution in [0.1, 0.15) is 48.0 Å². The minimum Gasteiger partial charge on any atom is -0.269 e. The third-order valence-electron chi connectivity index (χ3n) is 2.41. The molecule has 0 saturated heterocycles. The zero-order valence-electron chi connectivity index (χ0n) is 10.3. The largest absolute Gasteiger partial charge is 0.269 e. The first-order chi connectivity index (χ1) is 5.73. The second kappa shape index (κ2) is 4.37. The second-order valence-electron chi connectivity index (χ2n) is 5.87. The molecule has 0 fully saturated rings. The van der Waals surface area contributed by atoms with E-state index in [0.717, 1.165) is 6.42 Å². The maximum atomic E-state index is 3.48. The van der Waals surface area contributed by atoms with E-state index in [1.807, 2.05) is 0 Å². The van der Waals surface area contributed by atoms with E-state index in [9.17, 15) is 0 Å². The fraction of sp³-hybridized carbons (Fsp3) is 0.692. The smallest absolute Gasteiger partial charge is 0 e. The van der Waals surface area contributed by atoms with E-state index < -0.39 is 0 Å². The Morgan fingerprint density at radius 1 is 1.00 bits per heavy atom. The van der Waals surface area contributed by atoms with Gasteiger partial charge in [0.05, 0.1) is 0 Å². The van der Waals surface area contributed by atoms with Crippen molar-refractivity contribution in [3.05, 3.63) is 23.3 Å². The van der Waals surface area contributed by atoms with Gasteiger partial charge < -0.3 is 0 Å². The molecule has 0 bridgehead atoms. The van der Waals surface area contributed by atoms with Gasteiger partial charge in [0.25, 0.3) is 0 Å². The van der Waals surface area contributed by atoms with Gasteiger partial charge in [0.2, 0.25) is 0 Å². The third-order valence-corrected chi connectivity index (χ3v) is 2.41. The Hall–Kier alpha value is 0.194. The van der Waals surface area contributed by atoms with E-state index in [-0.39, 0.29) is 32.5 Å². The van der Waals surface area contributed by atoms with Crippen LogP contribution in [-0.4, -0.2) is 0 Å². The second-order valence-corrected chi connectivity index (χ2v) is 5.87. The minimum absolute atomic E-state index is 0. The molecule has 0 radical (unpaired) electrons. The predicted molar refractivity (Wildman–Crippen MR) is 58.4 cm³/mol. The molecule has 78 valence electrons. The molecule has 0 atom stereocenters. The normalized spacial score (nSPS) is 17.3. The molecule has 0 unspecified atom stereocenters. The van der Waals surface area contributed by atoms with Crippen molar-refractivity contribution in [1.29, 1.82) is 0 Å². The molecule has 1 heteroatoms. The molecule has 0 nitrogen and oxygen atoms in total. The summed E-state index contributed by atoms with van der Waals surface area (Å²) < 4.78 is 0. The first-order valence-corrected chi connectivity index (χ1v) is 5.05. The van der Waals surface area contributed by atoms with Crippen molar-refractivity contribution in [3.8, 4) is 0 Å². The van der Waals surface area contributed by atoms with Gasteiger partial charge >= 0.3 is 0 Å². The summed E-state index contributed by atoms with van der Waals surface area (Å²) in [5, 5.41) is 0. The number of rotatable bonds is 0. The molecule has 0 saturated carbocycles. The van der Waals surface area contributed by atoms with E-state index in [1.54, 1.807) is 0 Å². The van der Waals surface area contributed by atoms with E-state index in [4.69, 9.17) is 0 Å². The summed E-state index contributed by atoms with van der Waals surface area (Å²) in [7, 11) is 0. The van der Waals surface area contributed by atoms with E-state index >= 15 is 0 Å². The molecular formula is C13H21Ti-. The Bertz CT molecular complexity index is 228. The summed E-state index contributed by atoms with van der Waals surface area (Å²) >= 11 is 0. The maximum Gasteiger partial charge on any atom is 0 e. The molecule has 1 aliphatic rings. The van der Waals surface area contributed by atoms with Crippen molar-refractivity contribution in [1.82, 2.24) is 0 Å². The van der Waals surface area contributed by atoms with Gasteiger partial charge in [-0.3, -0.25) is 6.08 Å². The van der Waals surface area contributed by atoms with Crippen LogP contribution >= 0.6 is 0 Å². The van der Waals surface area contributed by atoms with E-state index in [1.165, 1.54) is 11.1 Å². The Morgan fingerprint density at radius 2 is 1.50 bits per heavy atom. The molecular weight excluding hydrogens is 204 g/mol. The van der Waals surface area contributed by atoms with Crippen LogP contribution in [0.5, 0.6) is 0 Å². The van der Waals surface area contributed by atoms with Crippen LogP contribution in [0.3, 0.4) is 0 Å². The Balaban J connectivity index is 0.00000169. The van der Waals surface area contributed by atoms with Crippen molar-refractivity contribution in [3.63, 3.8) is 0 Å². The SMILES string of the molecule is CC(C)(C)C1=[C-]CC=C1C(C)(C)C.[Ti]. The molecule has 0 heterocycles. The van der Waals surface area contributed by atoms with E-state index in [0.29, 0.717) is 0 Å². The maximum absolute atomic E-state index is 3.48. The van der Waals surface area contributed by atoms with Crippen LogP contribution < -0.4 is 0 Å². The van der Waals surface area contributed by atoms with Crippen LogP contribution in [0.2, 0.25) is 0 Å². The van der Waals surface area contributed by atoms with Gasteiger partial charge in [-0.15, -0.1) is 6.42 Å². The number of hydrogen-bond donors (Lipinski definition) is 0. The standard InChI is InChI=1S/C13H21.Ti/c1-12(2,3)10-8-7-9-11(10)13(4,5)6;/h8H,7H2,1-6H3;/q-1;. The van der Waals surface area contributed by atoms with Gasteiger partial charge in [0.15, 0.2) is 0 Å². The summed E-state index contributed by atoms with van der Waals surface area (Å²) in [6.07, 6.45) is 6.80. The summed E-state index contributed by atoms with van der Waals surface area (Å²) in [6.45, 7) is 13.6. The summed E-state index contributed by atoms with van der Waals surface area (Å²) in [5.74, 6) is 0. The van der Waals surface area contributed by atoms with Crippen molar-refractivity contribution >= 4 is 0 Å². The van der Waals surface area contributed by atoms with Crippen molar-refractivity contribution < 1.29 is 21.7 Å². The zero-order valence-corrected chi connectivity index (χ0v) is 11.8. The van der Waals surface area contributed by atoms with Gasteiger partial charge in [-0.05, 0) is 5.41 Å². The van der Waals surface area contributed by atoms with Gasteiger partial charge in [-0.1, -0.05) is 47.0 Å². The van der Waals surface area contributed by atoms with Gasteiger partial charge in [-0.25, -0.2) is 5.57 Å². The van der Waals surface area contributed by atoms with E-state index in [2.05, 4.69) is 53.7 Å². The molecule has 0 aromatic heterocycles. The van der Waals surface area contributed by atoms with Crippen LogP contribution in [0.4, 0.5) is 0 Å². The average Bonchev–Trinajstić information content (AvgIpc) is 2.27. The molecule has 0 N–H and O–H groups in total. The minimum atomic E-state index is 0. The van der Waals surface area contributed by atoms with Crippen LogP contribution in [0, 0.1) is 16.9 Å². The first-order valence-electron chi connectivity index (χ1n) is 5.05. The third kappa shape index (κ3) is 3.10. The number of hydrogen-bond acceptors (Lipinski definition) is 0. The van der Waals surface area contributed by atoms with Crippen molar-refractivity contribution in [2.24, 2.45) is 10.8 Å². The Morgan fingerprint density at radius 3 is 1.79 bits per heavy atom. The van der Waals surface area contributed by atoms with Crippen LogP contribution in [-0.2, 0) is 21.7 Å². The molecule has 0 aliphatic heterocycles. The van der Waals surface area contributed by atoms with Gasteiger partial charge in [0, 0.05) is 21.7 Å². The van der Waals surface area contributed by atoms with Crippen LogP contribution in [0.25, 0.3) is 0 Å². The molecule has 1 rings (SSSR count).